The molecule has 4 rings (SSSR count). The third-order valence-electron chi connectivity index (χ3n) is 3.85. The maximum absolute atomic E-state index is 6.13. The van der Waals surface area contributed by atoms with Crippen LogP contribution in [0.1, 0.15) is 0 Å². The standard InChI is InChI=1S/C19H13ClO2/c1-21-17-9-7-13(20)11-16(17)12-6-8-15-14-4-2-3-5-18(14)22-19(15)10-12/h2-11H,1H3. The topological polar surface area (TPSA) is 22.4 Å². The Balaban J connectivity index is 1.97. The van der Waals surface area contributed by atoms with Crippen LogP contribution >= 0.6 is 11.6 Å². The van der Waals surface area contributed by atoms with Crippen LogP contribution in [0.3, 0.4) is 0 Å². The first-order valence-electron chi connectivity index (χ1n) is 7.01. The molecule has 0 spiro atoms. The van der Waals surface area contributed by atoms with Gasteiger partial charge in [-0.25, -0.2) is 0 Å². The van der Waals surface area contributed by atoms with Gasteiger partial charge in [0.25, 0.3) is 0 Å². The van der Waals surface area contributed by atoms with E-state index < -0.39 is 0 Å². The van der Waals surface area contributed by atoms with E-state index in [2.05, 4.69) is 18.2 Å². The fourth-order valence-electron chi connectivity index (χ4n) is 2.80. The number of hydrogen-bond acceptors (Lipinski definition) is 2. The van der Waals surface area contributed by atoms with E-state index >= 15 is 0 Å². The van der Waals surface area contributed by atoms with Crippen molar-refractivity contribution in [3.05, 3.63) is 65.7 Å². The van der Waals surface area contributed by atoms with Crippen LogP contribution in [-0.4, -0.2) is 7.11 Å². The van der Waals surface area contributed by atoms with Crippen molar-refractivity contribution in [2.75, 3.05) is 7.11 Å². The molecule has 3 aromatic carbocycles. The number of rotatable bonds is 2. The minimum absolute atomic E-state index is 0.681. The number of hydrogen-bond donors (Lipinski definition) is 0. The van der Waals surface area contributed by atoms with Crippen LogP contribution in [0.25, 0.3) is 33.1 Å². The molecule has 0 saturated heterocycles. The Bertz CT molecular complexity index is 985. The number of para-hydroxylation sites is 1. The Hall–Kier alpha value is -2.45. The molecule has 3 heteroatoms. The number of benzene rings is 3. The van der Waals surface area contributed by atoms with E-state index in [-0.39, 0.29) is 0 Å². The van der Waals surface area contributed by atoms with Crippen LogP contribution in [0.5, 0.6) is 5.75 Å². The average Bonchev–Trinajstić information content (AvgIpc) is 2.92. The highest BCUT2D eigenvalue weighted by Gasteiger charge is 2.11. The quantitative estimate of drug-likeness (QED) is 0.459. The molecule has 0 unspecified atom stereocenters. The summed E-state index contributed by atoms with van der Waals surface area (Å²) in [7, 11) is 1.66. The largest absolute Gasteiger partial charge is 0.496 e. The summed E-state index contributed by atoms with van der Waals surface area (Å²) in [4.78, 5) is 0. The molecule has 0 N–H and O–H groups in total. The van der Waals surface area contributed by atoms with Gasteiger partial charge in [-0.1, -0.05) is 35.9 Å². The summed E-state index contributed by atoms with van der Waals surface area (Å²) in [6, 6.07) is 19.8. The van der Waals surface area contributed by atoms with E-state index in [0.717, 1.165) is 38.8 Å². The molecule has 0 amide bonds. The van der Waals surface area contributed by atoms with Gasteiger partial charge in [-0.3, -0.25) is 0 Å². The van der Waals surface area contributed by atoms with Gasteiger partial charge >= 0.3 is 0 Å². The fourth-order valence-corrected chi connectivity index (χ4v) is 2.97. The molecule has 0 aliphatic carbocycles. The summed E-state index contributed by atoms with van der Waals surface area (Å²) in [6.45, 7) is 0. The van der Waals surface area contributed by atoms with Gasteiger partial charge in [-0.05, 0) is 42.0 Å². The fraction of sp³-hybridized carbons (Fsp3) is 0.0526. The lowest BCUT2D eigenvalue weighted by molar-refractivity contribution is 0.416. The van der Waals surface area contributed by atoms with Crippen LogP contribution < -0.4 is 4.74 Å². The van der Waals surface area contributed by atoms with Crippen LogP contribution in [-0.2, 0) is 0 Å². The second kappa shape index (κ2) is 5.08. The molecule has 0 aliphatic heterocycles. The number of halogens is 1. The molecule has 4 aromatic rings. The van der Waals surface area contributed by atoms with Gasteiger partial charge in [0.1, 0.15) is 16.9 Å². The monoisotopic (exact) mass is 308 g/mol. The number of fused-ring (bicyclic) bond motifs is 3. The highest BCUT2D eigenvalue weighted by molar-refractivity contribution is 6.31. The lowest BCUT2D eigenvalue weighted by Crippen LogP contribution is -1.87. The van der Waals surface area contributed by atoms with Gasteiger partial charge in [0, 0.05) is 21.4 Å². The zero-order valence-electron chi connectivity index (χ0n) is 12.0. The maximum Gasteiger partial charge on any atom is 0.136 e. The predicted octanol–water partition coefficient (Wildman–Crippen LogP) is 5.92. The molecule has 0 radical (unpaired) electrons. The normalized spacial score (nSPS) is 11.2. The highest BCUT2D eigenvalue weighted by Crippen LogP contribution is 2.36. The molecule has 0 bridgehead atoms. The second-order valence-electron chi connectivity index (χ2n) is 5.15. The summed E-state index contributed by atoms with van der Waals surface area (Å²) in [6.07, 6.45) is 0. The van der Waals surface area contributed by atoms with Gasteiger partial charge < -0.3 is 9.15 Å². The van der Waals surface area contributed by atoms with Crippen molar-refractivity contribution in [1.82, 2.24) is 0 Å². The van der Waals surface area contributed by atoms with Crippen molar-refractivity contribution in [2.24, 2.45) is 0 Å². The Morgan fingerprint density at radius 1 is 0.864 bits per heavy atom. The molecule has 108 valence electrons. The first-order valence-corrected chi connectivity index (χ1v) is 7.39. The van der Waals surface area contributed by atoms with Crippen LogP contribution in [0, 0.1) is 0 Å². The van der Waals surface area contributed by atoms with Crippen LogP contribution in [0.15, 0.2) is 65.1 Å². The number of furan rings is 1. The van der Waals surface area contributed by atoms with Crippen molar-refractivity contribution in [3.8, 4) is 16.9 Å². The second-order valence-corrected chi connectivity index (χ2v) is 5.59. The first-order chi connectivity index (χ1) is 10.8. The van der Waals surface area contributed by atoms with E-state index in [1.165, 1.54) is 0 Å². The lowest BCUT2D eigenvalue weighted by atomic mass is 10.0. The van der Waals surface area contributed by atoms with E-state index in [9.17, 15) is 0 Å². The van der Waals surface area contributed by atoms with E-state index in [0.29, 0.717) is 5.02 Å². The van der Waals surface area contributed by atoms with E-state index in [4.69, 9.17) is 20.8 Å². The molecule has 2 nitrogen and oxygen atoms in total. The highest BCUT2D eigenvalue weighted by atomic mass is 35.5. The Morgan fingerprint density at radius 2 is 1.68 bits per heavy atom. The summed E-state index contributed by atoms with van der Waals surface area (Å²) >= 11 is 6.13. The first kappa shape index (κ1) is 13.2. The summed E-state index contributed by atoms with van der Waals surface area (Å²) in [5.74, 6) is 0.792. The summed E-state index contributed by atoms with van der Waals surface area (Å²) in [5.41, 5.74) is 3.73. The van der Waals surface area contributed by atoms with Crippen molar-refractivity contribution < 1.29 is 9.15 Å². The van der Waals surface area contributed by atoms with Crippen molar-refractivity contribution in [2.45, 2.75) is 0 Å². The van der Waals surface area contributed by atoms with Crippen molar-refractivity contribution in [1.29, 1.82) is 0 Å². The molecule has 1 aromatic heterocycles. The minimum atomic E-state index is 0.681. The van der Waals surface area contributed by atoms with Gasteiger partial charge in [-0.15, -0.1) is 0 Å². The predicted molar refractivity (Wildman–Crippen MR) is 90.7 cm³/mol. The molecule has 1 heterocycles. The molecule has 0 aliphatic rings. The summed E-state index contributed by atoms with van der Waals surface area (Å²) in [5, 5.41) is 2.92. The SMILES string of the molecule is COc1ccc(Cl)cc1-c1ccc2c(c1)oc1ccccc12. The van der Waals surface area contributed by atoms with Crippen molar-refractivity contribution in [3.63, 3.8) is 0 Å². The molecule has 0 fully saturated rings. The number of ether oxygens (including phenoxy) is 1. The molecular formula is C19H13ClO2. The van der Waals surface area contributed by atoms with Crippen LogP contribution in [0.2, 0.25) is 5.02 Å². The van der Waals surface area contributed by atoms with Crippen LogP contribution in [0.4, 0.5) is 0 Å². The average molecular weight is 309 g/mol. The molecule has 0 atom stereocenters. The lowest BCUT2D eigenvalue weighted by Gasteiger charge is -2.09. The summed E-state index contributed by atoms with van der Waals surface area (Å²) < 4.78 is 11.4. The minimum Gasteiger partial charge on any atom is -0.496 e. The zero-order valence-corrected chi connectivity index (χ0v) is 12.7. The Morgan fingerprint density at radius 3 is 2.55 bits per heavy atom. The maximum atomic E-state index is 6.13. The third-order valence-corrected chi connectivity index (χ3v) is 4.09. The zero-order chi connectivity index (χ0) is 15.1. The van der Waals surface area contributed by atoms with Gasteiger partial charge in [0.2, 0.25) is 0 Å². The third kappa shape index (κ3) is 2.04. The number of methoxy groups -OCH3 is 1. The van der Waals surface area contributed by atoms with Gasteiger partial charge in [0.05, 0.1) is 7.11 Å². The van der Waals surface area contributed by atoms with E-state index in [1.807, 2.05) is 42.5 Å². The Kier molecular flexibility index (Phi) is 3.05. The van der Waals surface area contributed by atoms with Crippen molar-refractivity contribution >= 4 is 33.5 Å². The van der Waals surface area contributed by atoms with E-state index in [1.54, 1.807) is 7.11 Å². The smallest absolute Gasteiger partial charge is 0.136 e. The Labute approximate surface area is 132 Å². The van der Waals surface area contributed by atoms with Gasteiger partial charge in [0.15, 0.2) is 0 Å². The molecule has 0 saturated carbocycles. The van der Waals surface area contributed by atoms with Gasteiger partial charge in [-0.2, -0.15) is 0 Å². The molecular weight excluding hydrogens is 296 g/mol. The molecule has 22 heavy (non-hydrogen) atoms.